The van der Waals surface area contributed by atoms with Crippen molar-refractivity contribution in [3.8, 4) is 0 Å². The third kappa shape index (κ3) is 2.99. The Kier molecular flexibility index (Phi) is 3.88. The van der Waals surface area contributed by atoms with Crippen molar-refractivity contribution in [2.45, 2.75) is 18.9 Å². The zero-order valence-corrected chi connectivity index (χ0v) is 14.0. The highest BCUT2D eigenvalue weighted by atomic mass is 79.9. The molecule has 0 saturated heterocycles. The number of rotatable bonds is 2. The molecule has 0 aromatic heterocycles. The zero-order chi connectivity index (χ0) is 13.4. The van der Waals surface area contributed by atoms with E-state index in [9.17, 15) is 0 Å². The van der Waals surface area contributed by atoms with E-state index in [4.69, 9.17) is 11.6 Å². The summed E-state index contributed by atoms with van der Waals surface area (Å²) in [5.41, 5.74) is 3.88. The molecule has 0 bridgehead atoms. The molecule has 1 nitrogen and oxygen atoms in total. The van der Waals surface area contributed by atoms with Crippen molar-refractivity contribution in [1.29, 1.82) is 0 Å². The molecule has 1 aliphatic carbocycles. The largest absolute Gasteiger partial charge is 0.381 e. The first kappa shape index (κ1) is 13.5. The average Bonchev–Trinajstić information content (AvgIpc) is 2.75. The zero-order valence-electron chi connectivity index (χ0n) is 10.1. The molecule has 1 atom stereocenters. The van der Waals surface area contributed by atoms with Gasteiger partial charge in [-0.25, -0.2) is 0 Å². The maximum absolute atomic E-state index is 6.04. The summed E-state index contributed by atoms with van der Waals surface area (Å²) in [7, 11) is 0. The van der Waals surface area contributed by atoms with Gasteiger partial charge in [0.25, 0.3) is 0 Å². The third-order valence-corrected chi connectivity index (χ3v) is 4.81. The summed E-state index contributed by atoms with van der Waals surface area (Å²) in [4.78, 5) is 0. The smallest absolute Gasteiger partial charge is 0.0498 e. The summed E-state index contributed by atoms with van der Waals surface area (Å²) < 4.78 is 2.17. The molecule has 3 rings (SSSR count). The van der Waals surface area contributed by atoms with Gasteiger partial charge in [-0.2, -0.15) is 0 Å². The predicted octanol–water partition coefficient (Wildman–Crippen LogP) is 5.44. The molecule has 2 aromatic carbocycles. The topological polar surface area (TPSA) is 12.0 Å². The van der Waals surface area contributed by atoms with Crippen LogP contribution in [0.5, 0.6) is 0 Å². The lowest BCUT2D eigenvalue weighted by Gasteiger charge is -2.15. The van der Waals surface area contributed by atoms with Crippen LogP contribution in [-0.4, -0.2) is 6.04 Å². The van der Waals surface area contributed by atoms with Gasteiger partial charge in [-0.3, -0.25) is 0 Å². The lowest BCUT2D eigenvalue weighted by atomic mass is 10.1. The summed E-state index contributed by atoms with van der Waals surface area (Å²) in [6.07, 6.45) is 2.07. The van der Waals surface area contributed by atoms with Crippen LogP contribution >= 0.6 is 43.5 Å². The maximum Gasteiger partial charge on any atom is 0.0498 e. The quantitative estimate of drug-likeness (QED) is 0.706. The van der Waals surface area contributed by atoms with E-state index in [1.165, 1.54) is 11.1 Å². The lowest BCUT2D eigenvalue weighted by molar-refractivity contribution is 0.773. The third-order valence-electron chi connectivity index (χ3n) is 3.39. The van der Waals surface area contributed by atoms with Crippen LogP contribution in [0.1, 0.15) is 11.1 Å². The van der Waals surface area contributed by atoms with Crippen molar-refractivity contribution >= 4 is 49.1 Å². The van der Waals surface area contributed by atoms with Crippen molar-refractivity contribution in [2.24, 2.45) is 0 Å². The van der Waals surface area contributed by atoms with Crippen LogP contribution in [-0.2, 0) is 12.8 Å². The molecule has 19 heavy (non-hydrogen) atoms. The van der Waals surface area contributed by atoms with Gasteiger partial charge in [-0.15, -0.1) is 0 Å². The molecule has 1 aliphatic rings. The Hall–Kier alpha value is -0.510. The highest BCUT2D eigenvalue weighted by Crippen LogP contribution is 2.31. The van der Waals surface area contributed by atoms with Crippen molar-refractivity contribution < 1.29 is 0 Å². The van der Waals surface area contributed by atoms with Crippen molar-refractivity contribution in [3.05, 3.63) is 61.5 Å². The van der Waals surface area contributed by atoms with Gasteiger partial charge in [0.1, 0.15) is 0 Å². The van der Waals surface area contributed by atoms with Gasteiger partial charge in [0.15, 0.2) is 0 Å². The first-order valence-corrected chi connectivity index (χ1v) is 8.07. The number of anilines is 1. The van der Waals surface area contributed by atoms with Crippen LogP contribution in [0, 0.1) is 0 Å². The van der Waals surface area contributed by atoms with E-state index in [1.54, 1.807) is 0 Å². The van der Waals surface area contributed by atoms with E-state index < -0.39 is 0 Å². The van der Waals surface area contributed by atoms with Crippen LogP contribution < -0.4 is 5.32 Å². The minimum atomic E-state index is 0.430. The molecule has 0 heterocycles. The SMILES string of the molecule is Clc1ccc2c(c1)CC(Nc1cc(Br)ccc1Br)C2. The Balaban J connectivity index is 1.78. The monoisotopic (exact) mass is 399 g/mol. The Labute approximate surface area is 134 Å². The number of fused-ring (bicyclic) bond motifs is 1. The molecule has 0 amide bonds. The molecule has 1 unspecified atom stereocenters. The molecule has 0 aliphatic heterocycles. The Morgan fingerprint density at radius 1 is 1.00 bits per heavy atom. The number of hydrogen-bond acceptors (Lipinski definition) is 1. The van der Waals surface area contributed by atoms with E-state index in [0.29, 0.717) is 6.04 Å². The van der Waals surface area contributed by atoms with E-state index in [-0.39, 0.29) is 0 Å². The number of nitrogens with one attached hydrogen (secondary N) is 1. The standard InChI is InChI=1S/C15H12Br2ClN/c16-11-2-4-14(17)15(8-11)19-13-6-9-1-3-12(18)5-10(9)7-13/h1-5,8,13,19H,6-7H2. The fourth-order valence-corrected chi connectivity index (χ4v) is 3.43. The van der Waals surface area contributed by atoms with Crippen LogP contribution in [0.15, 0.2) is 45.3 Å². The van der Waals surface area contributed by atoms with E-state index >= 15 is 0 Å². The van der Waals surface area contributed by atoms with Crippen LogP contribution in [0.2, 0.25) is 5.02 Å². The molecule has 2 aromatic rings. The number of hydrogen-bond donors (Lipinski definition) is 1. The van der Waals surface area contributed by atoms with Gasteiger partial charge in [0, 0.05) is 25.7 Å². The van der Waals surface area contributed by atoms with Gasteiger partial charge < -0.3 is 5.32 Å². The first-order valence-electron chi connectivity index (χ1n) is 6.11. The summed E-state index contributed by atoms with van der Waals surface area (Å²) in [6, 6.07) is 12.8. The van der Waals surface area contributed by atoms with E-state index in [1.807, 2.05) is 18.2 Å². The van der Waals surface area contributed by atoms with Crippen LogP contribution in [0.25, 0.3) is 0 Å². The van der Waals surface area contributed by atoms with Gasteiger partial charge in [0.05, 0.1) is 0 Å². The van der Waals surface area contributed by atoms with Crippen molar-refractivity contribution in [3.63, 3.8) is 0 Å². The minimum Gasteiger partial charge on any atom is -0.381 e. The molecule has 0 fully saturated rings. The predicted molar refractivity (Wildman–Crippen MR) is 88.1 cm³/mol. The Bertz CT molecular complexity index is 628. The van der Waals surface area contributed by atoms with Crippen molar-refractivity contribution in [1.82, 2.24) is 0 Å². The molecular weight excluding hydrogens is 389 g/mol. The fourth-order valence-electron chi connectivity index (χ4n) is 2.52. The van der Waals surface area contributed by atoms with Gasteiger partial charge >= 0.3 is 0 Å². The summed E-state index contributed by atoms with van der Waals surface area (Å²) in [5, 5.41) is 4.42. The Morgan fingerprint density at radius 3 is 2.63 bits per heavy atom. The molecule has 0 radical (unpaired) electrons. The average molecular weight is 402 g/mol. The lowest BCUT2D eigenvalue weighted by Crippen LogP contribution is -2.19. The van der Waals surface area contributed by atoms with Gasteiger partial charge in [-0.1, -0.05) is 33.6 Å². The van der Waals surface area contributed by atoms with E-state index in [0.717, 1.165) is 32.5 Å². The van der Waals surface area contributed by atoms with Crippen LogP contribution in [0.3, 0.4) is 0 Å². The van der Waals surface area contributed by atoms with Gasteiger partial charge in [-0.05, 0) is 70.2 Å². The minimum absolute atomic E-state index is 0.430. The second-order valence-corrected chi connectivity index (χ2v) is 6.99. The summed E-state index contributed by atoms with van der Waals surface area (Å²) >= 11 is 13.1. The molecule has 98 valence electrons. The van der Waals surface area contributed by atoms with Crippen molar-refractivity contribution in [2.75, 3.05) is 5.32 Å². The first-order chi connectivity index (χ1) is 9.11. The normalized spacial score (nSPS) is 17.3. The second-order valence-electron chi connectivity index (χ2n) is 4.79. The highest BCUT2D eigenvalue weighted by molar-refractivity contribution is 9.11. The maximum atomic E-state index is 6.04. The summed E-state index contributed by atoms with van der Waals surface area (Å²) in [5.74, 6) is 0. The second kappa shape index (κ2) is 5.47. The molecule has 0 saturated carbocycles. The molecular formula is C15H12Br2ClN. The van der Waals surface area contributed by atoms with Gasteiger partial charge in [0.2, 0.25) is 0 Å². The van der Waals surface area contributed by atoms with Crippen LogP contribution in [0.4, 0.5) is 5.69 Å². The molecule has 4 heteroatoms. The number of halogens is 3. The molecule has 1 N–H and O–H groups in total. The Morgan fingerprint density at radius 2 is 1.79 bits per heavy atom. The number of benzene rings is 2. The molecule has 0 spiro atoms. The highest BCUT2D eigenvalue weighted by Gasteiger charge is 2.21. The fraction of sp³-hybridized carbons (Fsp3) is 0.200. The summed E-state index contributed by atoms with van der Waals surface area (Å²) in [6.45, 7) is 0. The van der Waals surface area contributed by atoms with E-state index in [2.05, 4.69) is 55.4 Å².